The first kappa shape index (κ1) is 20.5. The summed E-state index contributed by atoms with van der Waals surface area (Å²) in [7, 11) is 0. The maximum atomic E-state index is 14.1. The summed E-state index contributed by atoms with van der Waals surface area (Å²) in [6.45, 7) is 2.17. The van der Waals surface area contributed by atoms with Crippen LogP contribution in [0.2, 0.25) is 0 Å². The molecular formula is C28H26F2N2O. The Hall–Kier alpha value is -3.05. The zero-order valence-electron chi connectivity index (χ0n) is 18.4. The van der Waals surface area contributed by atoms with Crippen molar-refractivity contribution < 1.29 is 13.6 Å². The molecule has 2 heterocycles. The molecule has 168 valence electrons. The van der Waals surface area contributed by atoms with Crippen LogP contribution in [0, 0.1) is 11.6 Å². The summed E-state index contributed by atoms with van der Waals surface area (Å²) in [6.07, 6.45) is 3.14. The van der Waals surface area contributed by atoms with Crippen molar-refractivity contribution in [2.45, 2.75) is 43.7 Å². The quantitative estimate of drug-likeness (QED) is 0.473. The first-order valence-corrected chi connectivity index (χ1v) is 11.7. The lowest BCUT2D eigenvalue weighted by Crippen LogP contribution is -2.56. The Morgan fingerprint density at radius 3 is 2.67 bits per heavy atom. The van der Waals surface area contributed by atoms with Gasteiger partial charge in [-0.1, -0.05) is 48.5 Å². The molecule has 0 bridgehead atoms. The topological polar surface area (TPSA) is 32.3 Å². The minimum Gasteiger partial charge on any atom is -0.349 e. The van der Waals surface area contributed by atoms with Crippen molar-refractivity contribution >= 4 is 5.91 Å². The van der Waals surface area contributed by atoms with E-state index >= 15 is 0 Å². The van der Waals surface area contributed by atoms with Gasteiger partial charge in [0, 0.05) is 32.0 Å². The summed E-state index contributed by atoms with van der Waals surface area (Å²) in [6, 6.07) is 19.4. The molecule has 6 rings (SSSR count). The van der Waals surface area contributed by atoms with Crippen LogP contribution in [0.15, 0.2) is 60.7 Å². The minimum atomic E-state index is -0.838. The number of piperidine rings is 1. The van der Waals surface area contributed by atoms with Crippen LogP contribution in [-0.2, 0) is 17.8 Å². The Labute approximate surface area is 192 Å². The molecule has 5 heteroatoms. The van der Waals surface area contributed by atoms with E-state index in [1.807, 2.05) is 0 Å². The number of amides is 1. The summed E-state index contributed by atoms with van der Waals surface area (Å²) in [5.74, 6) is -1.70. The number of carbonyl (C=O) groups is 1. The number of likely N-dealkylation sites (tertiary alicyclic amines) is 1. The summed E-state index contributed by atoms with van der Waals surface area (Å²) in [5, 5.41) is 3.25. The van der Waals surface area contributed by atoms with Gasteiger partial charge in [-0.2, -0.15) is 0 Å². The maximum Gasteiger partial charge on any atom is 0.220 e. The SMILES string of the molecule is O=C1CCC[C@]2(CN(Cc3ccc4c(c3)Cc3ccccc3-4)C[C@H]2c2ccc(F)c(F)c2)N1. The van der Waals surface area contributed by atoms with Gasteiger partial charge < -0.3 is 5.32 Å². The Kier molecular flexibility index (Phi) is 4.84. The van der Waals surface area contributed by atoms with Crippen molar-refractivity contribution in [3.63, 3.8) is 0 Å². The average Bonchev–Trinajstić information content (AvgIpc) is 3.33. The van der Waals surface area contributed by atoms with Crippen molar-refractivity contribution in [2.24, 2.45) is 0 Å². The highest BCUT2D eigenvalue weighted by Gasteiger charge is 2.49. The highest BCUT2D eigenvalue weighted by atomic mass is 19.2. The van der Waals surface area contributed by atoms with Gasteiger partial charge in [0.15, 0.2) is 11.6 Å². The van der Waals surface area contributed by atoms with Crippen molar-refractivity contribution in [3.05, 3.63) is 94.6 Å². The van der Waals surface area contributed by atoms with Gasteiger partial charge in [0.05, 0.1) is 5.54 Å². The van der Waals surface area contributed by atoms with E-state index in [0.29, 0.717) is 19.5 Å². The fourth-order valence-electron chi connectivity index (χ4n) is 6.18. The van der Waals surface area contributed by atoms with Crippen LogP contribution in [0.1, 0.15) is 47.4 Å². The van der Waals surface area contributed by atoms with Crippen molar-refractivity contribution in [1.82, 2.24) is 10.2 Å². The lowest BCUT2D eigenvalue weighted by Gasteiger charge is -2.39. The van der Waals surface area contributed by atoms with Gasteiger partial charge in [0.1, 0.15) is 0 Å². The van der Waals surface area contributed by atoms with E-state index in [-0.39, 0.29) is 11.8 Å². The summed E-state index contributed by atoms with van der Waals surface area (Å²) in [4.78, 5) is 14.7. The van der Waals surface area contributed by atoms with Gasteiger partial charge in [-0.25, -0.2) is 8.78 Å². The second-order valence-electron chi connectivity index (χ2n) is 9.78. The first-order valence-electron chi connectivity index (χ1n) is 11.7. The lowest BCUT2D eigenvalue weighted by atomic mass is 9.76. The summed E-state index contributed by atoms with van der Waals surface area (Å²) >= 11 is 0. The number of nitrogens with zero attached hydrogens (tertiary/aromatic N) is 1. The summed E-state index contributed by atoms with van der Waals surface area (Å²) < 4.78 is 27.7. The molecule has 1 N–H and O–H groups in total. The minimum absolute atomic E-state index is 0.0472. The van der Waals surface area contributed by atoms with E-state index in [9.17, 15) is 13.6 Å². The molecule has 0 saturated carbocycles. The highest BCUT2D eigenvalue weighted by molar-refractivity contribution is 5.78. The normalized spacial score (nSPS) is 24.1. The monoisotopic (exact) mass is 444 g/mol. The van der Waals surface area contributed by atoms with E-state index in [2.05, 4.69) is 52.7 Å². The largest absolute Gasteiger partial charge is 0.349 e. The molecule has 1 spiro atoms. The van der Waals surface area contributed by atoms with Crippen LogP contribution >= 0.6 is 0 Å². The van der Waals surface area contributed by atoms with Gasteiger partial charge in [0.2, 0.25) is 5.91 Å². The van der Waals surface area contributed by atoms with Crippen LogP contribution < -0.4 is 5.32 Å². The third kappa shape index (κ3) is 3.55. The zero-order valence-corrected chi connectivity index (χ0v) is 18.4. The fraction of sp³-hybridized carbons (Fsp3) is 0.321. The third-order valence-electron chi connectivity index (χ3n) is 7.64. The van der Waals surface area contributed by atoms with Crippen molar-refractivity contribution in [1.29, 1.82) is 0 Å². The molecular weight excluding hydrogens is 418 g/mol. The van der Waals surface area contributed by atoms with E-state index in [1.165, 1.54) is 39.9 Å². The standard InChI is InChI=1S/C28H26F2N2O/c29-25-10-8-20(14-26(25)30)24-16-32(17-28(24)11-3-6-27(33)31-28)15-18-7-9-23-21(12-18)13-19-4-1-2-5-22(19)23/h1-2,4-5,7-10,12,14,24H,3,6,11,13,15-17H2,(H,31,33)/t24-,28+/m0/s1. The van der Waals surface area contributed by atoms with Gasteiger partial charge >= 0.3 is 0 Å². The van der Waals surface area contributed by atoms with Gasteiger partial charge in [-0.05, 0) is 64.8 Å². The molecule has 1 amide bonds. The van der Waals surface area contributed by atoms with E-state index < -0.39 is 17.2 Å². The van der Waals surface area contributed by atoms with Gasteiger partial charge in [0.25, 0.3) is 0 Å². The van der Waals surface area contributed by atoms with E-state index in [0.717, 1.165) is 31.4 Å². The number of carbonyl (C=O) groups excluding carboxylic acids is 1. The van der Waals surface area contributed by atoms with Crippen LogP contribution in [-0.4, -0.2) is 29.4 Å². The molecule has 3 aromatic carbocycles. The van der Waals surface area contributed by atoms with Crippen LogP contribution in [0.4, 0.5) is 8.78 Å². The third-order valence-corrected chi connectivity index (χ3v) is 7.64. The second-order valence-corrected chi connectivity index (χ2v) is 9.78. The van der Waals surface area contributed by atoms with Gasteiger partial charge in [-0.15, -0.1) is 0 Å². The van der Waals surface area contributed by atoms with Crippen LogP contribution in [0.25, 0.3) is 11.1 Å². The molecule has 1 aliphatic carbocycles. The van der Waals surface area contributed by atoms with Gasteiger partial charge in [-0.3, -0.25) is 9.69 Å². The first-order chi connectivity index (χ1) is 16.0. The molecule has 0 unspecified atom stereocenters. The molecule has 2 aliphatic heterocycles. The number of nitrogens with one attached hydrogen (secondary N) is 1. The molecule has 2 fully saturated rings. The van der Waals surface area contributed by atoms with Crippen molar-refractivity contribution in [2.75, 3.05) is 13.1 Å². The van der Waals surface area contributed by atoms with E-state index in [1.54, 1.807) is 6.07 Å². The predicted molar refractivity (Wildman–Crippen MR) is 124 cm³/mol. The Bertz CT molecular complexity index is 1260. The molecule has 3 nitrogen and oxygen atoms in total. The molecule has 0 radical (unpaired) electrons. The number of rotatable bonds is 3. The molecule has 3 aliphatic rings. The Morgan fingerprint density at radius 2 is 1.82 bits per heavy atom. The second kappa shape index (κ2) is 7.77. The van der Waals surface area contributed by atoms with E-state index in [4.69, 9.17) is 0 Å². The number of hydrogen-bond donors (Lipinski definition) is 1. The van der Waals surface area contributed by atoms with Crippen LogP contribution in [0.3, 0.4) is 0 Å². The van der Waals surface area contributed by atoms with Crippen LogP contribution in [0.5, 0.6) is 0 Å². The summed E-state index contributed by atoms with van der Waals surface area (Å²) in [5.41, 5.74) is 6.91. The zero-order chi connectivity index (χ0) is 22.6. The predicted octanol–water partition coefficient (Wildman–Crippen LogP) is 5.17. The fourth-order valence-corrected chi connectivity index (χ4v) is 6.18. The number of hydrogen-bond acceptors (Lipinski definition) is 2. The molecule has 2 saturated heterocycles. The highest BCUT2D eigenvalue weighted by Crippen LogP contribution is 2.43. The molecule has 0 aromatic heterocycles. The maximum absolute atomic E-state index is 14.1. The Balaban J connectivity index is 1.28. The molecule has 33 heavy (non-hydrogen) atoms. The number of halogens is 2. The number of fused-ring (bicyclic) bond motifs is 3. The Morgan fingerprint density at radius 1 is 0.970 bits per heavy atom. The lowest BCUT2D eigenvalue weighted by molar-refractivity contribution is -0.125. The average molecular weight is 445 g/mol. The smallest absolute Gasteiger partial charge is 0.220 e. The molecule has 2 atom stereocenters. The number of benzene rings is 3. The van der Waals surface area contributed by atoms with Crippen molar-refractivity contribution in [3.8, 4) is 11.1 Å². The molecule has 3 aromatic rings.